The topological polar surface area (TPSA) is 57.6 Å². The predicted octanol–water partition coefficient (Wildman–Crippen LogP) is 1.14. The van der Waals surface area contributed by atoms with E-state index in [2.05, 4.69) is 5.92 Å². The Morgan fingerprint density at radius 2 is 2.00 bits per heavy atom. The zero-order valence-corrected chi connectivity index (χ0v) is 11.6. The van der Waals surface area contributed by atoms with Crippen molar-refractivity contribution in [3.63, 3.8) is 0 Å². The van der Waals surface area contributed by atoms with Crippen LogP contribution in [-0.2, 0) is 10.0 Å². The molecule has 102 valence electrons. The number of nitrogens with zero attached hydrogens (tertiary/aromatic N) is 1. The Kier molecular flexibility index (Phi) is 3.95. The molecule has 1 aromatic carbocycles. The molecular formula is C14H17NO3S. The van der Waals surface area contributed by atoms with Gasteiger partial charge in [0.1, 0.15) is 6.04 Å². The van der Waals surface area contributed by atoms with E-state index in [4.69, 9.17) is 6.42 Å². The highest BCUT2D eigenvalue weighted by Crippen LogP contribution is 2.25. The van der Waals surface area contributed by atoms with Gasteiger partial charge in [0.25, 0.3) is 0 Å². The maximum Gasteiger partial charge on any atom is 0.244 e. The van der Waals surface area contributed by atoms with Gasteiger partial charge < -0.3 is 5.11 Å². The summed E-state index contributed by atoms with van der Waals surface area (Å²) in [6.45, 7) is 2.24. The van der Waals surface area contributed by atoms with Crippen LogP contribution in [0.2, 0.25) is 0 Å². The normalized spacial score (nSPS) is 24.9. The highest BCUT2D eigenvalue weighted by atomic mass is 32.2. The minimum Gasteiger partial charge on any atom is -0.390 e. The minimum absolute atomic E-state index is 0.215. The largest absolute Gasteiger partial charge is 0.390 e. The molecule has 0 aromatic heterocycles. The quantitative estimate of drug-likeness (QED) is 0.826. The lowest BCUT2D eigenvalue weighted by molar-refractivity contribution is 0.0785. The van der Waals surface area contributed by atoms with Crippen LogP contribution in [0, 0.1) is 19.3 Å². The number of aliphatic hydroxyl groups is 1. The van der Waals surface area contributed by atoms with E-state index in [1.807, 2.05) is 6.92 Å². The lowest BCUT2D eigenvalue weighted by Gasteiger charge is -2.34. The molecule has 0 radical (unpaired) electrons. The van der Waals surface area contributed by atoms with E-state index >= 15 is 0 Å². The molecule has 0 aliphatic carbocycles. The van der Waals surface area contributed by atoms with E-state index in [1.54, 1.807) is 24.3 Å². The molecule has 5 heteroatoms. The molecule has 1 saturated heterocycles. The Balaban J connectivity index is 2.38. The Bertz CT molecular complexity index is 586. The van der Waals surface area contributed by atoms with Gasteiger partial charge in [-0.15, -0.1) is 6.42 Å². The standard InChI is InChI=1S/C14H17NO3S/c1-3-13-14(16)5-4-10-15(13)19(17,18)12-8-6-11(2)7-9-12/h1,6-9,13-14,16H,4-5,10H2,2H3/t13-,14-/m1/s1. The van der Waals surface area contributed by atoms with E-state index < -0.39 is 22.2 Å². The van der Waals surface area contributed by atoms with Crippen molar-refractivity contribution >= 4 is 10.0 Å². The molecule has 0 unspecified atom stereocenters. The van der Waals surface area contributed by atoms with Crippen LogP contribution in [0.25, 0.3) is 0 Å². The summed E-state index contributed by atoms with van der Waals surface area (Å²) in [4.78, 5) is 0.215. The van der Waals surface area contributed by atoms with Crippen molar-refractivity contribution in [2.24, 2.45) is 0 Å². The van der Waals surface area contributed by atoms with Gasteiger partial charge in [-0.05, 0) is 31.9 Å². The van der Waals surface area contributed by atoms with Crippen LogP contribution in [0.5, 0.6) is 0 Å². The maximum absolute atomic E-state index is 12.5. The van der Waals surface area contributed by atoms with Crippen LogP contribution in [0.1, 0.15) is 18.4 Å². The van der Waals surface area contributed by atoms with Crippen molar-refractivity contribution in [2.45, 2.75) is 36.8 Å². The van der Waals surface area contributed by atoms with E-state index in [-0.39, 0.29) is 4.90 Å². The summed E-state index contributed by atoms with van der Waals surface area (Å²) in [5.41, 5.74) is 0.992. The van der Waals surface area contributed by atoms with Gasteiger partial charge in [0.05, 0.1) is 11.0 Å². The van der Waals surface area contributed by atoms with Gasteiger partial charge >= 0.3 is 0 Å². The summed E-state index contributed by atoms with van der Waals surface area (Å²) < 4.78 is 26.3. The summed E-state index contributed by atoms with van der Waals surface area (Å²) in [5.74, 6) is 2.39. The maximum atomic E-state index is 12.5. The predicted molar refractivity (Wildman–Crippen MR) is 72.9 cm³/mol. The molecule has 1 N–H and O–H groups in total. The average Bonchev–Trinajstić information content (AvgIpc) is 2.39. The number of benzene rings is 1. The van der Waals surface area contributed by atoms with E-state index in [0.717, 1.165) is 5.56 Å². The SMILES string of the molecule is C#C[C@@H]1[C@H](O)CCCN1S(=O)(=O)c1ccc(C)cc1. The molecule has 1 heterocycles. The van der Waals surface area contributed by atoms with Crippen molar-refractivity contribution in [3.8, 4) is 12.3 Å². The highest BCUT2D eigenvalue weighted by molar-refractivity contribution is 7.89. The van der Waals surface area contributed by atoms with Gasteiger partial charge in [0.15, 0.2) is 0 Å². The molecule has 0 amide bonds. The summed E-state index contributed by atoms with van der Waals surface area (Å²) in [5, 5.41) is 9.85. The van der Waals surface area contributed by atoms with Crippen LogP contribution in [0.3, 0.4) is 0 Å². The van der Waals surface area contributed by atoms with Gasteiger partial charge in [-0.3, -0.25) is 0 Å². The summed E-state index contributed by atoms with van der Waals surface area (Å²) in [7, 11) is -3.64. The first-order valence-corrected chi connectivity index (χ1v) is 7.63. The number of piperidine rings is 1. The molecule has 0 bridgehead atoms. The van der Waals surface area contributed by atoms with Crippen molar-refractivity contribution in [1.82, 2.24) is 4.31 Å². The number of aryl methyl sites for hydroxylation is 1. The number of hydrogen-bond donors (Lipinski definition) is 1. The van der Waals surface area contributed by atoms with Gasteiger partial charge in [0.2, 0.25) is 10.0 Å². The monoisotopic (exact) mass is 279 g/mol. The zero-order valence-electron chi connectivity index (χ0n) is 10.8. The first-order chi connectivity index (χ1) is 8.96. The van der Waals surface area contributed by atoms with Crippen LogP contribution in [-0.4, -0.2) is 36.5 Å². The first-order valence-electron chi connectivity index (χ1n) is 6.19. The lowest BCUT2D eigenvalue weighted by Crippen LogP contribution is -2.50. The molecule has 0 spiro atoms. The molecular weight excluding hydrogens is 262 g/mol. The van der Waals surface area contributed by atoms with Gasteiger partial charge in [0, 0.05) is 6.54 Å². The van der Waals surface area contributed by atoms with E-state index in [1.165, 1.54) is 4.31 Å². The molecule has 1 aliphatic heterocycles. The Labute approximate surface area is 114 Å². The second-order valence-electron chi connectivity index (χ2n) is 4.75. The molecule has 1 aliphatic rings. The van der Waals surface area contributed by atoms with Crippen LogP contribution in [0.4, 0.5) is 0 Å². The Morgan fingerprint density at radius 1 is 1.37 bits per heavy atom. The van der Waals surface area contributed by atoms with Gasteiger partial charge in [-0.1, -0.05) is 23.6 Å². The fourth-order valence-corrected chi connectivity index (χ4v) is 3.88. The minimum atomic E-state index is -3.64. The number of sulfonamides is 1. The molecule has 2 atom stereocenters. The number of terminal acetylenes is 1. The fourth-order valence-electron chi connectivity index (χ4n) is 2.25. The second kappa shape index (κ2) is 5.33. The molecule has 1 aromatic rings. The first kappa shape index (κ1) is 14.1. The number of hydrogen-bond acceptors (Lipinski definition) is 3. The smallest absolute Gasteiger partial charge is 0.244 e. The number of aliphatic hydroxyl groups excluding tert-OH is 1. The fraction of sp³-hybridized carbons (Fsp3) is 0.429. The van der Waals surface area contributed by atoms with Crippen LogP contribution in [0.15, 0.2) is 29.2 Å². The molecule has 4 nitrogen and oxygen atoms in total. The second-order valence-corrected chi connectivity index (χ2v) is 6.64. The van der Waals surface area contributed by atoms with Crippen LogP contribution >= 0.6 is 0 Å². The third kappa shape index (κ3) is 2.66. The van der Waals surface area contributed by atoms with E-state index in [9.17, 15) is 13.5 Å². The summed E-state index contributed by atoms with van der Waals surface area (Å²) in [6.07, 6.45) is 5.73. The molecule has 2 rings (SSSR count). The third-order valence-electron chi connectivity index (χ3n) is 3.35. The van der Waals surface area contributed by atoms with Crippen molar-refractivity contribution in [2.75, 3.05) is 6.54 Å². The van der Waals surface area contributed by atoms with Crippen LogP contribution < -0.4 is 0 Å². The Hall–Kier alpha value is -1.35. The zero-order chi connectivity index (χ0) is 14.0. The lowest BCUT2D eigenvalue weighted by atomic mass is 10.0. The summed E-state index contributed by atoms with van der Waals surface area (Å²) >= 11 is 0. The molecule has 19 heavy (non-hydrogen) atoms. The van der Waals surface area contributed by atoms with Crippen molar-refractivity contribution < 1.29 is 13.5 Å². The highest BCUT2D eigenvalue weighted by Gasteiger charge is 2.37. The number of rotatable bonds is 2. The van der Waals surface area contributed by atoms with Crippen molar-refractivity contribution in [1.29, 1.82) is 0 Å². The summed E-state index contributed by atoms with van der Waals surface area (Å²) in [6, 6.07) is 5.86. The molecule has 0 saturated carbocycles. The average molecular weight is 279 g/mol. The van der Waals surface area contributed by atoms with Crippen molar-refractivity contribution in [3.05, 3.63) is 29.8 Å². The Morgan fingerprint density at radius 3 is 2.58 bits per heavy atom. The van der Waals surface area contributed by atoms with Gasteiger partial charge in [-0.2, -0.15) is 4.31 Å². The third-order valence-corrected chi connectivity index (χ3v) is 5.25. The van der Waals surface area contributed by atoms with Gasteiger partial charge in [-0.25, -0.2) is 8.42 Å². The van der Waals surface area contributed by atoms with E-state index in [0.29, 0.717) is 19.4 Å². The molecule has 1 fully saturated rings.